The molecule has 1 aliphatic heterocycles. The maximum atomic E-state index is 12.5. The molecule has 2 rings (SSSR count). The van der Waals surface area contributed by atoms with Gasteiger partial charge in [-0.2, -0.15) is 4.72 Å². The molecule has 1 unspecified atom stereocenters. The Kier molecular flexibility index (Phi) is 7.21. The minimum Gasteiger partial charge on any atom is -0.480 e. The Morgan fingerprint density at radius 2 is 1.86 bits per heavy atom. The summed E-state index contributed by atoms with van der Waals surface area (Å²) in [5.74, 6) is -1.27. The number of aliphatic hydroxyl groups excluding tert-OH is 1. The van der Waals surface area contributed by atoms with Gasteiger partial charge in [0.25, 0.3) is 0 Å². The van der Waals surface area contributed by atoms with Crippen LogP contribution in [0.3, 0.4) is 0 Å². The second-order valence-corrected chi connectivity index (χ2v) is 9.60. The number of halogens is 1. The zero-order valence-electron chi connectivity index (χ0n) is 16.6. The summed E-state index contributed by atoms with van der Waals surface area (Å²) in [6.45, 7) is 4.31. The molecule has 29 heavy (non-hydrogen) atoms. The predicted octanol–water partition coefficient (Wildman–Crippen LogP) is 2.34. The number of carboxylic acids is 1. The van der Waals surface area contributed by atoms with Crippen molar-refractivity contribution in [2.75, 3.05) is 6.61 Å². The molecule has 0 aromatic heterocycles. The van der Waals surface area contributed by atoms with Crippen LogP contribution in [-0.4, -0.2) is 53.3 Å². The van der Waals surface area contributed by atoms with E-state index in [1.165, 1.54) is 26.0 Å². The number of hydrogen-bond acceptors (Lipinski definition) is 6. The minimum atomic E-state index is -4.00. The number of aliphatic hydroxyl groups is 1. The Labute approximate surface area is 175 Å². The molecule has 1 heterocycles. The quantitative estimate of drug-likeness (QED) is 0.511. The van der Waals surface area contributed by atoms with E-state index in [9.17, 15) is 18.3 Å². The van der Waals surface area contributed by atoms with Crippen molar-refractivity contribution in [2.24, 2.45) is 9.98 Å². The minimum absolute atomic E-state index is 0.0364. The zero-order valence-corrected chi connectivity index (χ0v) is 18.2. The largest absolute Gasteiger partial charge is 0.480 e. The Morgan fingerprint density at radius 3 is 2.34 bits per heavy atom. The molecule has 160 valence electrons. The van der Waals surface area contributed by atoms with Crippen LogP contribution in [0.4, 0.5) is 0 Å². The Bertz CT molecular complexity index is 926. The van der Waals surface area contributed by atoms with Crippen molar-refractivity contribution in [3.05, 3.63) is 29.8 Å². The van der Waals surface area contributed by atoms with Crippen molar-refractivity contribution in [2.45, 2.75) is 62.6 Å². The third kappa shape index (κ3) is 5.63. The number of sulfonamides is 1. The van der Waals surface area contributed by atoms with Gasteiger partial charge < -0.3 is 10.2 Å². The fourth-order valence-corrected chi connectivity index (χ4v) is 4.59. The number of carbonyl (C=O) groups is 1. The lowest BCUT2D eigenvalue weighted by Gasteiger charge is -2.23. The van der Waals surface area contributed by atoms with Gasteiger partial charge in [-0.05, 0) is 44.4 Å². The molecule has 0 fully saturated rings. The lowest BCUT2D eigenvalue weighted by molar-refractivity contribution is -0.142. The van der Waals surface area contributed by atoms with Crippen LogP contribution >= 0.6 is 11.6 Å². The second kappa shape index (κ2) is 8.91. The molecule has 1 aromatic rings. The number of rotatable bonds is 10. The summed E-state index contributed by atoms with van der Waals surface area (Å²) in [5, 5.41) is 18.7. The van der Waals surface area contributed by atoms with Gasteiger partial charge in [0.1, 0.15) is 16.4 Å². The van der Waals surface area contributed by atoms with Crippen molar-refractivity contribution in [1.29, 1.82) is 0 Å². The smallest absolute Gasteiger partial charge is 0.324 e. The molecular weight excluding hydrogens is 418 g/mol. The van der Waals surface area contributed by atoms with Gasteiger partial charge in [-0.15, -0.1) is 0 Å². The molecule has 0 saturated heterocycles. The Balaban J connectivity index is 2.25. The number of hydrogen-bond donors (Lipinski definition) is 3. The maximum Gasteiger partial charge on any atom is 0.324 e. The van der Waals surface area contributed by atoms with Gasteiger partial charge in [0, 0.05) is 6.42 Å². The Morgan fingerprint density at radius 1 is 1.24 bits per heavy atom. The van der Waals surface area contributed by atoms with Crippen LogP contribution in [0, 0.1) is 0 Å². The molecule has 0 amide bonds. The van der Waals surface area contributed by atoms with Crippen molar-refractivity contribution in [3.63, 3.8) is 0 Å². The molecule has 1 atom stereocenters. The average Bonchev–Trinajstić information content (AvgIpc) is 2.95. The van der Waals surface area contributed by atoms with Crippen LogP contribution < -0.4 is 4.72 Å². The molecule has 0 spiro atoms. The lowest BCUT2D eigenvalue weighted by atomic mass is 9.95. The highest BCUT2D eigenvalue weighted by atomic mass is 35.5. The summed E-state index contributed by atoms with van der Waals surface area (Å²) in [7, 11) is -4.00. The summed E-state index contributed by atoms with van der Waals surface area (Å²) >= 11 is 6.10. The second-order valence-electron chi connectivity index (χ2n) is 7.56. The van der Waals surface area contributed by atoms with Gasteiger partial charge in [-0.3, -0.25) is 9.79 Å². The van der Waals surface area contributed by atoms with Gasteiger partial charge in [0.15, 0.2) is 5.66 Å². The van der Waals surface area contributed by atoms with E-state index < -0.39 is 27.2 Å². The van der Waals surface area contributed by atoms with Crippen molar-refractivity contribution in [3.8, 4) is 0 Å². The molecule has 10 heteroatoms. The van der Waals surface area contributed by atoms with Crippen molar-refractivity contribution in [1.82, 2.24) is 4.72 Å². The molecule has 1 aromatic carbocycles. The normalized spacial score (nSPS) is 19.8. The first-order valence-corrected chi connectivity index (χ1v) is 11.1. The van der Waals surface area contributed by atoms with E-state index in [-0.39, 0.29) is 16.7 Å². The first-order chi connectivity index (χ1) is 13.4. The molecule has 0 saturated carbocycles. The highest BCUT2D eigenvalue weighted by Crippen LogP contribution is 2.31. The Hall–Kier alpha value is -1.81. The van der Waals surface area contributed by atoms with E-state index in [0.29, 0.717) is 18.6 Å². The van der Waals surface area contributed by atoms with Gasteiger partial charge in [-0.1, -0.05) is 37.1 Å². The number of carboxylic acid groups (broad SMARTS) is 1. The van der Waals surface area contributed by atoms with Crippen molar-refractivity contribution < 1.29 is 23.4 Å². The third-order valence-electron chi connectivity index (χ3n) is 4.61. The molecule has 3 N–H and O–H groups in total. The van der Waals surface area contributed by atoms with Gasteiger partial charge >= 0.3 is 5.97 Å². The van der Waals surface area contributed by atoms with Crippen molar-refractivity contribution >= 4 is 38.5 Å². The van der Waals surface area contributed by atoms with E-state index in [4.69, 9.17) is 16.7 Å². The van der Waals surface area contributed by atoms with Crippen LogP contribution in [0.25, 0.3) is 0 Å². The summed E-state index contributed by atoms with van der Waals surface area (Å²) < 4.78 is 27.1. The molecule has 0 radical (unpaired) electrons. The molecule has 0 aliphatic carbocycles. The molecule has 0 bridgehead atoms. The SMILES string of the molecule is CCCCC1(Cc2ccc(S(=O)(=O)NC(C)(C)C(=O)O)cc2)N=C(Cl)C(CO)=N1. The third-order valence-corrected chi connectivity index (χ3v) is 6.59. The summed E-state index contributed by atoms with van der Waals surface area (Å²) in [4.78, 5) is 20.2. The van der Waals surface area contributed by atoms with E-state index in [2.05, 4.69) is 21.6 Å². The van der Waals surface area contributed by atoms with Crippen LogP contribution in [0.15, 0.2) is 39.1 Å². The van der Waals surface area contributed by atoms with E-state index >= 15 is 0 Å². The maximum absolute atomic E-state index is 12.5. The van der Waals surface area contributed by atoms with Crippen LogP contribution in [0.5, 0.6) is 0 Å². The summed E-state index contributed by atoms with van der Waals surface area (Å²) in [6.07, 6.45) is 2.87. The van der Waals surface area contributed by atoms with Crippen LogP contribution in [0.2, 0.25) is 0 Å². The topological polar surface area (TPSA) is 128 Å². The van der Waals surface area contributed by atoms with E-state index in [1.807, 2.05) is 0 Å². The fraction of sp³-hybridized carbons (Fsp3) is 0.526. The number of nitrogens with zero attached hydrogens (tertiary/aromatic N) is 2. The monoisotopic (exact) mass is 443 g/mol. The van der Waals surface area contributed by atoms with Crippen LogP contribution in [-0.2, 0) is 21.2 Å². The number of aliphatic carboxylic acids is 1. The summed E-state index contributed by atoms with van der Waals surface area (Å²) in [6, 6.07) is 6.12. The number of unbranched alkanes of at least 4 members (excludes halogenated alkanes) is 1. The van der Waals surface area contributed by atoms with E-state index in [1.54, 1.807) is 12.1 Å². The first-order valence-electron chi connectivity index (χ1n) is 9.26. The van der Waals surface area contributed by atoms with Gasteiger partial charge in [0.2, 0.25) is 10.0 Å². The number of aliphatic imine (C=N–C) groups is 2. The number of nitrogens with one attached hydrogen (secondary N) is 1. The van der Waals surface area contributed by atoms with Gasteiger partial charge in [-0.25, -0.2) is 13.4 Å². The molecular formula is C19H26ClN3O5S. The molecule has 1 aliphatic rings. The highest BCUT2D eigenvalue weighted by molar-refractivity contribution is 7.89. The predicted molar refractivity (Wildman–Crippen MR) is 112 cm³/mol. The van der Waals surface area contributed by atoms with Gasteiger partial charge in [0.05, 0.1) is 11.5 Å². The zero-order chi connectivity index (χ0) is 21.9. The number of benzene rings is 1. The fourth-order valence-electron chi connectivity index (χ4n) is 2.96. The lowest BCUT2D eigenvalue weighted by Crippen LogP contribution is -2.49. The standard InChI is InChI=1S/C19H26ClN3O5S/c1-4-5-10-19(21-15(12-24)16(20)22-19)11-13-6-8-14(9-7-13)29(27,28)23-18(2,3)17(25)26/h6-9,23-24H,4-5,10-12H2,1-3H3,(H,25,26). The summed E-state index contributed by atoms with van der Waals surface area (Å²) in [5.41, 5.74) is -1.29. The van der Waals surface area contributed by atoms with E-state index in [0.717, 1.165) is 18.4 Å². The average molecular weight is 444 g/mol. The molecule has 8 nitrogen and oxygen atoms in total. The highest BCUT2D eigenvalue weighted by Gasteiger charge is 2.36. The van der Waals surface area contributed by atoms with Crippen LogP contribution in [0.1, 0.15) is 45.6 Å². The first kappa shape index (κ1) is 23.5.